The van der Waals surface area contributed by atoms with E-state index < -0.39 is 0 Å². The Morgan fingerprint density at radius 2 is 2.12 bits per heavy atom. The highest BCUT2D eigenvalue weighted by molar-refractivity contribution is 5.81. The Kier molecular flexibility index (Phi) is 6.18. The van der Waals surface area contributed by atoms with Crippen molar-refractivity contribution >= 4 is 5.78 Å². The lowest BCUT2D eigenvalue weighted by molar-refractivity contribution is -0.126. The Bertz CT molecular complexity index is 239. The lowest BCUT2D eigenvalue weighted by Crippen LogP contribution is -2.38. The van der Waals surface area contributed by atoms with Gasteiger partial charge in [0.15, 0.2) is 0 Å². The first-order valence-electron chi connectivity index (χ1n) is 7.31. The van der Waals surface area contributed by atoms with E-state index in [9.17, 15) is 4.79 Å². The van der Waals surface area contributed by atoms with Crippen LogP contribution in [0.1, 0.15) is 53.4 Å². The lowest BCUT2D eigenvalue weighted by atomic mass is 9.81. The Morgan fingerprint density at radius 3 is 2.71 bits per heavy atom. The van der Waals surface area contributed by atoms with Crippen LogP contribution in [-0.2, 0) is 4.79 Å². The predicted octanol–water partition coefficient (Wildman–Crippen LogP) is 3.36. The Hall–Kier alpha value is -0.370. The van der Waals surface area contributed by atoms with Crippen LogP contribution in [0.5, 0.6) is 0 Å². The molecule has 1 fully saturated rings. The zero-order chi connectivity index (χ0) is 12.8. The molecule has 0 aromatic heterocycles. The van der Waals surface area contributed by atoms with E-state index >= 15 is 0 Å². The van der Waals surface area contributed by atoms with Crippen LogP contribution < -0.4 is 0 Å². The molecule has 0 saturated heterocycles. The third-order valence-electron chi connectivity index (χ3n) is 4.22. The Morgan fingerprint density at radius 1 is 1.41 bits per heavy atom. The molecular weight excluding hydrogens is 210 g/mol. The fourth-order valence-electron chi connectivity index (χ4n) is 2.72. The molecule has 100 valence electrons. The maximum Gasteiger partial charge on any atom is 0.137 e. The molecule has 0 amide bonds. The van der Waals surface area contributed by atoms with Gasteiger partial charge in [-0.25, -0.2) is 0 Å². The van der Waals surface area contributed by atoms with E-state index in [0.717, 1.165) is 50.7 Å². The summed E-state index contributed by atoms with van der Waals surface area (Å²) in [6, 6.07) is 0. The van der Waals surface area contributed by atoms with Gasteiger partial charge < -0.3 is 4.90 Å². The van der Waals surface area contributed by atoms with Crippen LogP contribution in [0.4, 0.5) is 0 Å². The average molecular weight is 239 g/mol. The van der Waals surface area contributed by atoms with Crippen LogP contribution in [0.3, 0.4) is 0 Å². The van der Waals surface area contributed by atoms with Gasteiger partial charge in [-0.15, -0.1) is 0 Å². The standard InChI is InChI=1S/C15H29NO/c1-5-12(3)10-16(6-2)11-14-9-13(4)7-8-15(14)17/h12-14H,5-11H2,1-4H3. The first-order valence-corrected chi connectivity index (χ1v) is 7.31. The summed E-state index contributed by atoms with van der Waals surface area (Å²) in [7, 11) is 0. The highest BCUT2D eigenvalue weighted by atomic mass is 16.1. The molecular formula is C15H29NO. The summed E-state index contributed by atoms with van der Waals surface area (Å²) >= 11 is 0. The molecule has 0 radical (unpaired) electrons. The summed E-state index contributed by atoms with van der Waals surface area (Å²) in [5, 5.41) is 0. The molecule has 17 heavy (non-hydrogen) atoms. The second kappa shape index (κ2) is 7.15. The molecule has 3 atom stereocenters. The number of carbonyl (C=O) groups is 1. The molecule has 0 aromatic carbocycles. The van der Waals surface area contributed by atoms with Crippen LogP contribution >= 0.6 is 0 Å². The monoisotopic (exact) mass is 239 g/mol. The molecule has 0 N–H and O–H groups in total. The van der Waals surface area contributed by atoms with Crippen LogP contribution in [0.15, 0.2) is 0 Å². The highest BCUT2D eigenvalue weighted by Gasteiger charge is 2.27. The zero-order valence-electron chi connectivity index (χ0n) is 12.0. The minimum atomic E-state index is 0.308. The van der Waals surface area contributed by atoms with Crippen LogP contribution in [0.25, 0.3) is 0 Å². The van der Waals surface area contributed by atoms with Crippen LogP contribution in [0.2, 0.25) is 0 Å². The van der Waals surface area contributed by atoms with Gasteiger partial charge in [0.25, 0.3) is 0 Å². The summed E-state index contributed by atoms with van der Waals surface area (Å²) in [5.74, 6) is 2.29. The van der Waals surface area contributed by atoms with E-state index in [4.69, 9.17) is 0 Å². The molecule has 0 bridgehead atoms. The number of ketones is 1. The topological polar surface area (TPSA) is 20.3 Å². The Labute approximate surface area is 107 Å². The fraction of sp³-hybridized carbons (Fsp3) is 0.933. The number of rotatable bonds is 6. The molecule has 3 unspecified atom stereocenters. The summed E-state index contributed by atoms with van der Waals surface area (Å²) in [6.45, 7) is 12.2. The number of hydrogen-bond donors (Lipinski definition) is 0. The highest BCUT2D eigenvalue weighted by Crippen LogP contribution is 2.26. The molecule has 1 rings (SSSR count). The van der Waals surface area contributed by atoms with Gasteiger partial charge in [0, 0.05) is 25.4 Å². The summed E-state index contributed by atoms with van der Waals surface area (Å²) < 4.78 is 0. The van der Waals surface area contributed by atoms with Gasteiger partial charge in [0.05, 0.1) is 0 Å². The maximum atomic E-state index is 11.9. The van der Waals surface area contributed by atoms with Crippen LogP contribution in [-0.4, -0.2) is 30.3 Å². The van der Waals surface area contributed by atoms with Crippen molar-refractivity contribution in [2.75, 3.05) is 19.6 Å². The van der Waals surface area contributed by atoms with Gasteiger partial charge in [-0.05, 0) is 31.2 Å². The van der Waals surface area contributed by atoms with Crippen molar-refractivity contribution in [1.29, 1.82) is 0 Å². The largest absolute Gasteiger partial charge is 0.303 e. The third-order valence-corrected chi connectivity index (χ3v) is 4.22. The minimum absolute atomic E-state index is 0.308. The van der Waals surface area contributed by atoms with E-state index in [-0.39, 0.29) is 0 Å². The first kappa shape index (κ1) is 14.7. The van der Waals surface area contributed by atoms with Crippen molar-refractivity contribution in [3.8, 4) is 0 Å². The van der Waals surface area contributed by atoms with E-state index in [1.165, 1.54) is 6.42 Å². The Balaban J connectivity index is 2.45. The second-order valence-corrected chi connectivity index (χ2v) is 5.91. The quantitative estimate of drug-likeness (QED) is 0.708. The summed E-state index contributed by atoms with van der Waals surface area (Å²) in [4.78, 5) is 14.4. The van der Waals surface area contributed by atoms with Crippen molar-refractivity contribution < 1.29 is 4.79 Å². The first-order chi connectivity index (χ1) is 8.06. The van der Waals surface area contributed by atoms with Crippen molar-refractivity contribution in [2.24, 2.45) is 17.8 Å². The fourth-order valence-corrected chi connectivity index (χ4v) is 2.72. The second-order valence-electron chi connectivity index (χ2n) is 5.91. The SMILES string of the molecule is CCC(C)CN(CC)CC1CC(C)CCC1=O. The average Bonchev–Trinajstić information content (AvgIpc) is 2.32. The lowest BCUT2D eigenvalue weighted by Gasteiger charge is -2.31. The van der Waals surface area contributed by atoms with Crippen LogP contribution in [0, 0.1) is 17.8 Å². The minimum Gasteiger partial charge on any atom is -0.303 e. The van der Waals surface area contributed by atoms with E-state index in [0.29, 0.717) is 11.7 Å². The van der Waals surface area contributed by atoms with Crippen molar-refractivity contribution in [1.82, 2.24) is 4.90 Å². The van der Waals surface area contributed by atoms with Gasteiger partial charge >= 0.3 is 0 Å². The smallest absolute Gasteiger partial charge is 0.137 e. The molecule has 2 heteroatoms. The van der Waals surface area contributed by atoms with Gasteiger partial charge in [-0.3, -0.25) is 4.79 Å². The zero-order valence-corrected chi connectivity index (χ0v) is 12.0. The third kappa shape index (κ3) is 4.79. The van der Waals surface area contributed by atoms with Crippen molar-refractivity contribution in [2.45, 2.75) is 53.4 Å². The normalized spacial score (nSPS) is 27.5. The number of carbonyl (C=O) groups excluding carboxylic acids is 1. The van der Waals surface area contributed by atoms with Crippen molar-refractivity contribution in [3.05, 3.63) is 0 Å². The van der Waals surface area contributed by atoms with Gasteiger partial charge in [-0.2, -0.15) is 0 Å². The number of hydrogen-bond acceptors (Lipinski definition) is 2. The molecule has 1 aliphatic rings. The maximum absolute atomic E-state index is 11.9. The van der Waals surface area contributed by atoms with Crippen molar-refractivity contribution in [3.63, 3.8) is 0 Å². The van der Waals surface area contributed by atoms with Gasteiger partial charge in [0.2, 0.25) is 0 Å². The van der Waals surface area contributed by atoms with Gasteiger partial charge in [0.1, 0.15) is 5.78 Å². The van der Waals surface area contributed by atoms with E-state index in [2.05, 4.69) is 32.6 Å². The molecule has 1 aliphatic carbocycles. The van der Waals surface area contributed by atoms with E-state index in [1.54, 1.807) is 0 Å². The molecule has 0 heterocycles. The number of Topliss-reactive ketones (excluding diaryl/α,β-unsaturated/α-hetero) is 1. The molecule has 1 saturated carbocycles. The molecule has 0 aromatic rings. The predicted molar refractivity (Wildman–Crippen MR) is 73.1 cm³/mol. The molecule has 0 aliphatic heterocycles. The number of nitrogens with zero attached hydrogens (tertiary/aromatic N) is 1. The molecule has 0 spiro atoms. The van der Waals surface area contributed by atoms with Gasteiger partial charge in [-0.1, -0.05) is 34.1 Å². The molecule has 2 nitrogen and oxygen atoms in total. The van der Waals surface area contributed by atoms with E-state index in [1.807, 2.05) is 0 Å². The summed E-state index contributed by atoms with van der Waals surface area (Å²) in [6.07, 6.45) is 4.25. The summed E-state index contributed by atoms with van der Waals surface area (Å²) in [5.41, 5.74) is 0.